The van der Waals surface area contributed by atoms with Crippen molar-refractivity contribution in [2.24, 2.45) is 0 Å². The first-order valence-corrected chi connectivity index (χ1v) is 4.53. The Balaban J connectivity index is 3.73. The van der Waals surface area contributed by atoms with Crippen molar-refractivity contribution in [1.82, 2.24) is 0 Å². The molecule has 0 aromatic rings. The van der Waals surface area contributed by atoms with E-state index in [0.717, 1.165) is 6.42 Å². The lowest BCUT2D eigenvalue weighted by atomic mass is 10.2. The van der Waals surface area contributed by atoms with Crippen molar-refractivity contribution in [2.45, 2.75) is 34.1 Å². The maximum Gasteiger partial charge on any atom is 0.333 e. The summed E-state index contributed by atoms with van der Waals surface area (Å²) in [6.45, 7) is 8.06. The van der Waals surface area contributed by atoms with Crippen LogP contribution in [0.2, 0.25) is 0 Å². The van der Waals surface area contributed by atoms with E-state index < -0.39 is 0 Å². The molecule has 74 valence electrons. The number of allylic oxidation sites excluding steroid dienone is 2. The summed E-state index contributed by atoms with van der Waals surface area (Å²) in [5.74, 6) is -0.216. The van der Waals surface area contributed by atoms with Gasteiger partial charge in [0.1, 0.15) is 0 Å². The third-order valence-electron chi connectivity index (χ3n) is 1.98. The summed E-state index contributed by atoms with van der Waals surface area (Å²) in [5, 5.41) is 0. The molecule has 0 saturated heterocycles. The molecule has 0 fully saturated rings. The summed E-state index contributed by atoms with van der Waals surface area (Å²) in [4.78, 5) is 11.1. The van der Waals surface area contributed by atoms with E-state index in [2.05, 4.69) is 0 Å². The van der Waals surface area contributed by atoms with Gasteiger partial charge in [-0.2, -0.15) is 0 Å². The average Bonchev–Trinajstić information content (AvgIpc) is 2.15. The van der Waals surface area contributed by atoms with Crippen molar-refractivity contribution in [2.75, 3.05) is 6.61 Å². The number of rotatable bonds is 4. The molecule has 0 amide bonds. The molecule has 0 N–H and O–H groups in total. The van der Waals surface area contributed by atoms with Crippen LogP contribution in [-0.4, -0.2) is 12.6 Å². The van der Waals surface area contributed by atoms with Gasteiger partial charge in [0.25, 0.3) is 0 Å². The third kappa shape index (κ3) is 5.23. The zero-order chi connectivity index (χ0) is 10.3. The molecule has 0 aliphatic carbocycles. The van der Waals surface area contributed by atoms with Crippen LogP contribution in [0.1, 0.15) is 34.1 Å². The van der Waals surface area contributed by atoms with Gasteiger partial charge >= 0.3 is 5.97 Å². The quantitative estimate of drug-likeness (QED) is 0.379. The zero-order valence-corrected chi connectivity index (χ0v) is 8.89. The van der Waals surface area contributed by atoms with Gasteiger partial charge in [-0.05, 0) is 27.7 Å². The molecule has 0 unspecified atom stereocenters. The average molecular weight is 182 g/mol. The first-order chi connectivity index (χ1) is 6.11. The van der Waals surface area contributed by atoms with E-state index in [1.165, 1.54) is 5.57 Å². The standard InChI is InChI=1S/C11H18O2/c1-5-9(3)7-8-13-11(12)10(4)6-2/h5-6H,7-8H2,1-4H3/b9-5+,10-6-. The Bertz CT molecular complexity index is 224. The summed E-state index contributed by atoms with van der Waals surface area (Å²) in [6.07, 6.45) is 4.60. The molecule has 0 aromatic carbocycles. The van der Waals surface area contributed by atoms with E-state index in [0.29, 0.717) is 12.2 Å². The second-order valence-corrected chi connectivity index (χ2v) is 2.99. The normalized spacial score (nSPS) is 12.9. The summed E-state index contributed by atoms with van der Waals surface area (Å²) >= 11 is 0. The number of esters is 1. The molecule has 0 saturated carbocycles. The number of carbonyl (C=O) groups excluding carboxylic acids is 1. The fourth-order valence-electron chi connectivity index (χ4n) is 0.681. The Morgan fingerprint density at radius 3 is 2.31 bits per heavy atom. The minimum atomic E-state index is -0.216. The van der Waals surface area contributed by atoms with Crippen LogP contribution in [0.25, 0.3) is 0 Å². The molecule has 0 rings (SSSR count). The predicted molar refractivity (Wildman–Crippen MR) is 54.4 cm³/mol. The van der Waals surface area contributed by atoms with Gasteiger partial charge in [0.15, 0.2) is 0 Å². The Labute approximate surface area is 80.3 Å². The molecule has 0 aromatic heterocycles. The van der Waals surface area contributed by atoms with Crippen LogP contribution in [0, 0.1) is 0 Å². The van der Waals surface area contributed by atoms with Crippen LogP contribution in [0.3, 0.4) is 0 Å². The van der Waals surface area contributed by atoms with Gasteiger partial charge in [-0.25, -0.2) is 4.79 Å². The third-order valence-corrected chi connectivity index (χ3v) is 1.98. The fraction of sp³-hybridized carbons (Fsp3) is 0.545. The molecular formula is C11H18O2. The summed E-state index contributed by atoms with van der Waals surface area (Å²) in [7, 11) is 0. The highest BCUT2D eigenvalue weighted by atomic mass is 16.5. The molecule has 2 nitrogen and oxygen atoms in total. The van der Waals surface area contributed by atoms with Crippen LogP contribution in [0.4, 0.5) is 0 Å². The molecule has 0 radical (unpaired) electrons. The van der Waals surface area contributed by atoms with Gasteiger partial charge in [-0.1, -0.05) is 17.7 Å². The lowest BCUT2D eigenvalue weighted by Crippen LogP contribution is -2.06. The van der Waals surface area contributed by atoms with E-state index in [-0.39, 0.29) is 5.97 Å². The van der Waals surface area contributed by atoms with Gasteiger partial charge < -0.3 is 4.74 Å². The summed E-state index contributed by atoms with van der Waals surface area (Å²) in [5.41, 5.74) is 1.91. The van der Waals surface area contributed by atoms with Crippen LogP contribution in [0.15, 0.2) is 23.3 Å². The Morgan fingerprint density at radius 2 is 1.85 bits per heavy atom. The van der Waals surface area contributed by atoms with E-state index in [1.807, 2.05) is 26.8 Å². The van der Waals surface area contributed by atoms with Crippen LogP contribution in [-0.2, 0) is 9.53 Å². The molecule has 2 heteroatoms. The molecule has 0 spiro atoms. The maximum atomic E-state index is 11.1. The second kappa shape index (κ2) is 6.46. The maximum absolute atomic E-state index is 11.1. The highest BCUT2D eigenvalue weighted by Crippen LogP contribution is 2.01. The zero-order valence-electron chi connectivity index (χ0n) is 8.89. The minimum absolute atomic E-state index is 0.216. The summed E-state index contributed by atoms with van der Waals surface area (Å²) in [6, 6.07) is 0. The highest BCUT2D eigenvalue weighted by Gasteiger charge is 2.03. The van der Waals surface area contributed by atoms with Crippen LogP contribution >= 0.6 is 0 Å². The monoisotopic (exact) mass is 182 g/mol. The van der Waals surface area contributed by atoms with Crippen molar-refractivity contribution >= 4 is 5.97 Å². The number of ether oxygens (including phenoxy) is 1. The van der Waals surface area contributed by atoms with Crippen LogP contribution < -0.4 is 0 Å². The highest BCUT2D eigenvalue weighted by molar-refractivity contribution is 5.87. The number of hydrogen-bond donors (Lipinski definition) is 0. The van der Waals surface area contributed by atoms with Crippen molar-refractivity contribution < 1.29 is 9.53 Å². The largest absolute Gasteiger partial charge is 0.462 e. The lowest BCUT2D eigenvalue weighted by Gasteiger charge is -2.04. The van der Waals surface area contributed by atoms with Crippen LogP contribution in [0.5, 0.6) is 0 Å². The Morgan fingerprint density at radius 1 is 1.23 bits per heavy atom. The Hall–Kier alpha value is -1.05. The van der Waals surface area contributed by atoms with E-state index in [4.69, 9.17) is 4.74 Å². The first-order valence-electron chi connectivity index (χ1n) is 4.53. The van der Waals surface area contributed by atoms with Crippen molar-refractivity contribution in [3.8, 4) is 0 Å². The molecule has 13 heavy (non-hydrogen) atoms. The minimum Gasteiger partial charge on any atom is -0.462 e. The summed E-state index contributed by atoms with van der Waals surface area (Å²) < 4.78 is 5.02. The molecular weight excluding hydrogens is 164 g/mol. The van der Waals surface area contributed by atoms with E-state index in [1.54, 1.807) is 13.0 Å². The van der Waals surface area contributed by atoms with Gasteiger partial charge in [-0.3, -0.25) is 0 Å². The smallest absolute Gasteiger partial charge is 0.333 e. The van der Waals surface area contributed by atoms with Crippen molar-refractivity contribution in [3.63, 3.8) is 0 Å². The molecule has 0 aliphatic heterocycles. The number of hydrogen-bond acceptors (Lipinski definition) is 2. The SMILES string of the molecule is C/C=C(/C)C(=O)OCC/C(C)=C/C. The molecule has 0 bridgehead atoms. The van der Waals surface area contributed by atoms with E-state index >= 15 is 0 Å². The van der Waals surface area contributed by atoms with Gasteiger partial charge in [0, 0.05) is 12.0 Å². The molecule has 0 atom stereocenters. The molecule has 0 aliphatic rings. The number of carbonyl (C=O) groups is 1. The second-order valence-electron chi connectivity index (χ2n) is 2.99. The van der Waals surface area contributed by atoms with Gasteiger partial charge in [0.2, 0.25) is 0 Å². The lowest BCUT2D eigenvalue weighted by molar-refractivity contribution is -0.138. The van der Waals surface area contributed by atoms with Crippen molar-refractivity contribution in [1.29, 1.82) is 0 Å². The molecule has 0 heterocycles. The fourth-order valence-corrected chi connectivity index (χ4v) is 0.681. The Kier molecular flexibility index (Phi) is 5.94. The predicted octanol–water partition coefficient (Wildman–Crippen LogP) is 2.85. The van der Waals surface area contributed by atoms with E-state index in [9.17, 15) is 4.79 Å². The van der Waals surface area contributed by atoms with Crippen molar-refractivity contribution in [3.05, 3.63) is 23.3 Å². The van der Waals surface area contributed by atoms with Gasteiger partial charge in [0.05, 0.1) is 6.61 Å². The van der Waals surface area contributed by atoms with Gasteiger partial charge in [-0.15, -0.1) is 0 Å². The first kappa shape index (κ1) is 11.9. The topological polar surface area (TPSA) is 26.3 Å².